The van der Waals surface area contributed by atoms with Crippen LogP contribution < -0.4 is 5.73 Å². The van der Waals surface area contributed by atoms with Gasteiger partial charge in [-0.15, -0.1) is 11.3 Å². The van der Waals surface area contributed by atoms with E-state index in [-0.39, 0.29) is 11.5 Å². The van der Waals surface area contributed by atoms with Crippen molar-refractivity contribution >= 4 is 11.3 Å². The largest absolute Gasteiger partial charge is 0.327 e. The first kappa shape index (κ1) is 15.0. The molecule has 19 heavy (non-hydrogen) atoms. The molecule has 0 bridgehead atoms. The summed E-state index contributed by atoms with van der Waals surface area (Å²) in [5, 5.41) is 3.38. The molecule has 1 saturated carbocycles. The van der Waals surface area contributed by atoms with Crippen LogP contribution in [-0.2, 0) is 11.8 Å². The number of aromatic nitrogens is 1. The molecule has 1 aliphatic rings. The molecule has 0 spiro atoms. The average Bonchev–Trinajstić information content (AvgIpc) is 2.60. The van der Waals surface area contributed by atoms with Gasteiger partial charge in [0, 0.05) is 23.3 Å². The zero-order chi connectivity index (χ0) is 14.6. The zero-order valence-electron chi connectivity index (χ0n) is 13.4. The van der Waals surface area contributed by atoms with Gasteiger partial charge in [0.25, 0.3) is 0 Å². The first-order valence-electron chi connectivity index (χ1n) is 7.18. The number of thiazole rings is 1. The van der Waals surface area contributed by atoms with Crippen LogP contribution in [0.3, 0.4) is 0 Å². The molecule has 0 aromatic carbocycles. The van der Waals surface area contributed by atoms with Gasteiger partial charge in [0.1, 0.15) is 0 Å². The molecule has 2 N–H and O–H groups in total. The van der Waals surface area contributed by atoms with Crippen LogP contribution in [0, 0.1) is 16.7 Å². The second-order valence-electron chi connectivity index (χ2n) is 8.17. The summed E-state index contributed by atoms with van der Waals surface area (Å²) in [6.45, 7) is 16.0. The lowest BCUT2D eigenvalue weighted by molar-refractivity contribution is 0.457. The third-order valence-corrected chi connectivity index (χ3v) is 6.16. The molecule has 0 amide bonds. The predicted octanol–water partition coefficient (Wildman–Crippen LogP) is 3.99. The monoisotopic (exact) mass is 280 g/mol. The predicted molar refractivity (Wildman–Crippen MR) is 83.5 cm³/mol. The molecule has 1 aromatic rings. The van der Waals surface area contributed by atoms with E-state index in [9.17, 15) is 0 Å². The van der Waals surface area contributed by atoms with Crippen LogP contribution >= 0.6 is 11.3 Å². The van der Waals surface area contributed by atoms with Crippen LogP contribution in [0.15, 0.2) is 5.38 Å². The van der Waals surface area contributed by atoms with Crippen LogP contribution in [0.4, 0.5) is 0 Å². The van der Waals surface area contributed by atoms with E-state index in [1.165, 1.54) is 10.7 Å². The fraction of sp³-hybridized carbons (Fsp3) is 0.812. The summed E-state index contributed by atoms with van der Waals surface area (Å²) in [4.78, 5) is 4.77. The summed E-state index contributed by atoms with van der Waals surface area (Å²) in [7, 11) is 0. The molecule has 2 nitrogen and oxygen atoms in total. The Bertz CT molecular complexity index is 451. The lowest BCUT2D eigenvalue weighted by atomic mass is 9.93. The number of hydrogen-bond acceptors (Lipinski definition) is 3. The Hall–Kier alpha value is -0.410. The zero-order valence-corrected chi connectivity index (χ0v) is 14.2. The van der Waals surface area contributed by atoms with E-state index in [2.05, 4.69) is 53.8 Å². The summed E-state index contributed by atoms with van der Waals surface area (Å²) >= 11 is 1.76. The Morgan fingerprint density at radius 1 is 1.26 bits per heavy atom. The van der Waals surface area contributed by atoms with Gasteiger partial charge in [-0.2, -0.15) is 0 Å². The maximum Gasteiger partial charge on any atom is 0.0944 e. The highest BCUT2D eigenvalue weighted by Gasteiger charge is 2.66. The molecule has 1 atom stereocenters. The van der Waals surface area contributed by atoms with Crippen molar-refractivity contribution in [3.63, 3.8) is 0 Å². The van der Waals surface area contributed by atoms with Crippen molar-refractivity contribution in [1.29, 1.82) is 0 Å². The summed E-state index contributed by atoms with van der Waals surface area (Å²) in [5.74, 6) is 0.599. The fourth-order valence-electron chi connectivity index (χ4n) is 3.39. The van der Waals surface area contributed by atoms with Crippen molar-refractivity contribution in [1.82, 2.24) is 4.98 Å². The fourth-order valence-corrected chi connectivity index (χ4v) is 4.48. The van der Waals surface area contributed by atoms with E-state index in [1.54, 1.807) is 11.3 Å². The molecule has 2 rings (SSSR count). The lowest BCUT2D eigenvalue weighted by Gasteiger charge is -2.15. The lowest BCUT2D eigenvalue weighted by Crippen LogP contribution is -2.28. The van der Waals surface area contributed by atoms with Crippen molar-refractivity contribution in [3.05, 3.63) is 16.1 Å². The van der Waals surface area contributed by atoms with Crippen molar-refractivity contribution in [2.75, 3.05) is 0 Å². The van der Waals surface area contributed by atoms with E-state index in [1.807, 2.05) is 0 Å². The third-order valence-electron chi connectivity index (χ3n) is 5.29. The molecular formula is C16H28N2S. The minimum Gasteiger partial charge on any atom is -0.327 e. The van der Waals surface area contributed by atoms with Gasteiger partial charge in [-0.1, -0.05) is 48.5 Å². The normalized spacial score (nSPS) is 23.4. The maximum atomic E-state index is 6.45. The van der Waals surface area contributed by atoms with Crippen LogP contribution in [0.1, 0.15) is 59.2 Å². The summed E-state index contributed by atoms with van der Waals surface area (Å²) < 4.78 is 0. The summed E-state index contributed by atoms with van der Waals surface area (Å²) in [6, 6.07) is 0.226. The van der Waals surface area contributed by atoms with Gasteiger partial charge in [0.15, 0.2) is 0 Å². The molecular weight excluding hydrogens is 252 g/mol. The van der Waals surface area contributed by atoms with E-state index >= 15 is 0 Å². The maximum absolute atomic E-state index is 6.45. The van der Waals surface area contributed by atoms with Gasteiger partial charge in [-0.05, 0) is 16.7 Å². The van der Waals surface area contributed by atoms with Crippen LogP contribution in [0.5, 0.6) is 0 Å². The van der Waals surface area contributed by atoms with Crippen LogP contribution in [0.2, 0.25) is 0 Å². The van der Waals surface area contributed by atoms with E-state index in [4.69, 9.17) is 10.7 Å². The first-order chi connectivity index (χ1) is 8.48. The van der Waals surface area contributed by atoms with E-state index in [0.717, 1.165) is 6.42 Å². The third kappa shape index (κ3) is 2.47. The van der Waals surface area contributed by atoms with Crippen molar-refractivity contribution < 1.29 is 0 Å². The highest BCUT2D eigenvalue weighted by Crippen LogP contribution is 2.69. The van der Waals surface area contributed by atoms with Gasteiger partial charge in [0.05, 0.1) is 10.7 Å². The molecule has 1 aliphatic carbocycles. The quantitative estimate of drug-likeness (QED) is 0.909. The van der Waals surface area contributed by atoms with E-state index in [0.29, 0.717) is 16.7 Å². The first-order valence-corrected chi connectivity index (χ1v) is 8.06. The number of nitrogens with two attached hydrogens (primary N) is 1. The molecule has 3 heteroatoms. The second kappa shape index (κ2) is 4.29. The Balaban J connectivity index is 2.05. The SMILES string of the molecule is CC(C)(C)c1csc(CC(N)C2C(C)(C)C2(C)C)n1. The Morgan fingerprint density at radius 3 is 2.16 bits per heavy atom. The van der Waals surface area contributed by atoms with Crippen LogP contribution in [0.25, 0.3) is 0 Å². The average molecular weight is 280 g/mol. The highest BCUT2D eigenvalue weighted by atomic mass is 32.1. The van der Waals surface area contributed by atoms with Gasteiger partial charge in [-0.3, -0.25) is 0 Å². The van der Waals surface area contributed by atoms with E-state index < -0.39 is 0 Å². The number of nitrogens with zero attached hydrogens (tertiary/aromatic N) is 1. The Kier molecular flexibility index (Phi) is 3.38. The number of hydrogen-bond donors (Lipinski definition) is 1. The van der Waals surface area contributed by atoms with Gasteiger partial charge < -0.3 is 5.73 Å². The van der Waals surface area contributed by atoms with Crippen LogP contribution in [-0.4, -0.2) is 11.0 Å². The molecule has 1 fully saturated rings. The van der Waals surface area contributed by atoms with Gasteiger partial charge >= 0.3 is 0 Å². The van der Waals surface area contributed by atoms with Crippen molar-refractivity contribution in [2.24, 2.45) is 22.5 Å². The van der Waals surface area contributed by atoms with Gasteiger partial charge in [0.2, 0.25) is 0 Å². The number of rotatable bonds is 3. The Morgan fingerprint density at radius 2 is 1.79 bits per heavy atom. The molecule has 0 saturated heterocycles. The summed E-state index contributed by atoms with van der Waals surface area (Å²) in [6.07, 6.45) is 0.915. The van der Waals surface area contributed by atoms with Crippen molar-refractivity contribution in [2.45, 2.75) is 66.3 Å². The molecule has 0 radical (unpaired) electrons. The molecule has 1 aromatic heterocycles. The van der Waals surface area contributed by atoms with Gasteiger partial charge in [-0.25, -0.2) is 4.98 Å². The highest BCUT2D eigenvalue weighted by molar-refractivity contribution is 7.09. The smallest absolute Gasteiger partial charge is 0.0944 e. The topological polar surface area (TPSA) is 38.9 Å². The standard InChI is InChI=1S/C16H28N2S/c1-14(2,3)11-9-19-12(18-11)8-10(17)13-15(4,5)16(13,6)7/h9-10,13H,8,17H2,1-7H3. The minimum atomic E-state index is 0.136. The van der Waals surface area contributed by atoms with Crippen molar-refractivity contribution in [3.8, 4) is 0 Å². The molecule has 1 unspecified atom stereocenters. The minimum absolute atomic E-state index is 0.136. The summed E-state index contributed by atoms with van der Waals surface area (Å²) in [5.41, 5.74) is 8.49. The molecule has 0 aliphatic heterocycles. The second-order valence-corrected chi connectivity index (χ2v) is 9.11. The molecule has 108 valence electrons. The Labute approximate surface area is 121 Å². The molecule has 1 heterocycles.